The molecule has 0 bridgehead atoms. The molecular weight excluding hydrogens is 370 g/mol. The average molecular weight is 389 g/mol. The zero-order valence-electron chi connectivity index (χ0n) is 15.4. The summed E-state index contributed by atoms with van der Waals surface area (Å²) >= 11 is 0. The Hall–Kier alpha value is -2.99. The molecule has 5 nitrogen and oxygen atoms in total. The number of aryl methyl sites for hydroxylation is 1. The molecule has 3 heterocycles. The number of benzene rings is 2. The lowest BCUT2D eigenvalue weighted by atomic mass is 10.0. The molecule has 0 spiro atoms. The zero-order valence-corrected chi connectivity index (χ0v) is 16.2. The van der Waals surface area contributed by atoms with E-state index in [1.807, 2.05) is 18.2 Å². The predicted molar refractivity (Wildman–Crippen MR) is 109 cm³/mol. The normalized spacial score (nSPS) is 16.4. The lowest BCUT2D eigenvalue weighted by molar-refractivity contribution is 0.601. The van der Waals surface area contributed by atoms with Gasteiger partial charge in [0.05, 0.1) is 22.0 Å². The van der Waals surface area contributed by atoms with E-state index < -0.39 is 9.84 Å². The van der Waals surface area contributed by atoms with Crippen LogP contribution in [-0.4, -0.2) is 29.2 Å². The number of pyridine rings is 1. The molecule has 1 atom stereocenters. The van der Waals surface area contributed by atoms with E-state index in [4.69, 9.17) is 4.98 Å². The van der Waals surface area contributed by atoms with Crippen molar-refractivity contribution in [3.63, 3.8) is 0 Å². The maximum Gasteiger partial charge on any atom is 0.177 e. The Balaban J connectivity index is 1.65. The maximum absolute atomic E-state index is 11.9. The summed E-state index contributed by atoms with van der Waals surface area (Å²) in [4.78, 5) is 9.17. The molecule has 0 saturated carbocycles. The molecule has 0 N–H and O–H groups in total. The quantitative estimate of drug-likeness (QED) is 0.530. The third-order valence-electron chi connectivity index (χ3n) is 5.37. The smallest absolute Gasteiger partial charge is 0.177 e. The van der Waals surface area contributed by atoms with Crippen molar-refractivity contribution >= 4 is 20.9 Å². The van der Waals surface area contributed by atoms with Crippen LogP contribution in [-0.2, 0) is 16.3 Å². The summed E-state index contributed by atoms with van der Waals surface area (Å²) in [5, 5.41) is 0. The van der Waals surface area contributed by atoms with Crippen molar-refractivity contribution in [1.82, 2.24) is 14.5 Å². The Bertz CT molecular complexity index is 1290. The van der Waals surface area contributed by atoms with E-state index in [9.17, 15) is 8.42 Å². The summed E-state index contributed by atoms with van der Waals surface area (Å²) < 4.78 is 26.1. The minimum atomic E-state index is -3.30. The molecule has 1 aliphatic heterocycles. The van der Waals surface area contributed by atoms with Crippen LogP contribution in [0.2, 0.25) is 0 Å². The van der Waals surface area contributed by atoms with Gasteiger partial charge in [0.15, 0.2) is 9.84 Å². The number of aromatic nitrogens is 3. The van der Waals surface area contributed by atoms with E-state index in [0.717, 1.165) is 40.8 Å². The van der Waals surface area contributed by atoms with E-state index >= 15 is 0 Å². The minimum absolute atomic E-state index is 0.228. The van der Waals surface area contributed by atoms with Gasteiger partial charge in [-0.1, -0.05) is 36.4 Å². The van der Waals surface area contributed by atoms with Gasteiger partial charge < -0.3 is 4.57 Å². The number of rotatable bonds is 3. The second-order valence-electron chi connectivity index (χ2n) is 7.25. The molecule has 1 aliphatic rings. The van der Waals surface area contributed by atoms with Gasteiger partial charge in [-0.15, -0.1) is 0 Å². The maximum atomic E-state index is 11.9. The fourth-order valence-corrected chi connectivity index (χ4v) is 4.61. The monoisotopic (exact) mass is 389 g/mol. The van der Waals surface area contributed by atoms with Crippen molar-refractivity contribution in [2.45, 2.75) is 23.8 Å². The number of imidazole rings is 1. The van der Waals surface area contributed by atoms with E-state index in [1.165, 1.54) is 18.0 Å². The summed E-state index contributed by atoms with van der Waals surface area (Å²) in [6.07, 6.45) is 6.28. The highest BCUT2D eigenvalue weighted by Gasteiger charge is 2.27. The second kappa shape index (κ2) is 6.27. The van der Waals surface area contributed by atoms with Crippen molar-refractivity contribution in [2.24, 2.45) is 0 Å². The van der Waals surface area contributed by atoms with Crippen molar-refractivity contribution in [1.29, 1.82) is 0 Å². The third-order valence-corrected chi connectivity index (χ3v) is 6.45. The van der Waals surface area contributed by atoms with Gasteiger partial charge in [0, 0.05) is 30.6 Å². The van der Waals surface area contributed by atoms with Crippen molar-refractivity contribution in [3.05, 3.63) is 78.4 Å². The molecule has 5 rings (SSSR count). The molecular formula is C22H19N3O2S. The fraction of sp³-hybridized carbons (Fsp3) is 0.182. The van der Waals surface area contributed by atoms with Crippen LogP contribution >= 0.6 is 0 Å². The van der Waals surface area contributed by atoms with Gasteiger partial charge in [-0.3, -0.25) is 4.98 Å². The van der Waals surface area contributed by atoms with E-state index in [1.54, 1.807) is 12.3 Å². The Morgan fingerprint density at radius 2 is 1.82 bits per heavy atom. The van der Waals surface area contributed by atoms with Gasteiger partial charge in [0.25, 0.3) is 0 Å². The van der Waals surface area contributed by atoms with Gasteiger partial charge in [0.2, 0.25) is 0 Å². The molecule has 0 radical (unpaired) electrons. The molecule has 0 fully saturated rings. The summed E-state index contributed by atoms with van der Waals surface area (Å²) in [5.74, 6) is 1.10. The molecule has 28 heavy (non-hydrogen) atoms. The second-order valence-corrected chi connectivity index (χ2v) is 9.26. The SMILES string of the molecule is CS(=O)(=O)c1cncc(-c2ccc3nc4n(c3c2)C(c2ccccc2)CC4)c1. The number of nitrogens with zero attached hydrogens (tertiary/aromatic N) is 3. The summed E-state index contributed by atoms with van der Waals surface area (Å²) in [6.45, 7) is 0. The van der Waals surface area contributed by atoms with Crippen LogP contribution < -0.4 is 0 Å². The predicted octanol–water partition coefficient (Wildman–Crippen LogP) is 4.04. The molecule has 0 saturated heterocycles. The largest absolute Gasteiger partial charge is 0.320 e. The highest BCUT2D eigenvalue weighted by Crippen LogP contribution is 2.36. The highest BCUT2D eigenvalue weighted by atomic mass is 32.2. The number of fused-ring (bicyclic) bond motifs is 3. The minimum Gasteiger partial charge on any atom is -0.320 e. The van der Waals surface area contributed by atoms with Crippen LogP contribution in [0.3, 0.4) is 0 Å². The molecule has 1 unspecified atom stereocenters. The van der Waals surface area contributed by atoms with E-state index in [2.05, 4.69) is 39.9 Å². The first-order chi connectivity index (χ1) is 13.5. The summed E-state index contributed by atoms with van der Waals surface area (Å²) in [7, 11) is -3.30. The van der Waals surface area contributed by atoms with Crippen molar-refractivity contribution in [2.75, 3.05) is 6.26 Å². The lowest BCUT2D eigenvalue weighted by Gasteiger charge is -2.15. The molecule has 4 aromatic rings. The van der Waals surface area contributed by atoms with Gasteiger partial charge in [-0.05, 0) is 35.7 Å². The van der Waals surface area contributed by atoms with Gasteiger partial charge in [-0.2, -0.15) is 0 Å². The van der Waals surface area contributed by atoms with Gasteiger partial charge in [0.1, 0.15) is 5.82 Å². The van der Waals surface area contributed by atoms with Crippen LogP contribution in [0.1, 0.15) is 23.9 Å². The average Bonchev–Trinajstić information content (AvgIpc) is 3.27. The number of hydrogen-bond donors (Lipinski definition) is 0. The molecule has 2 aromatic carbocycles. The topological polar surface area (TPSA) is 64.8 Å². The lowest BCUT2D eigenvalue weighted by Crippen LogP contribution is -2.05. The van der Waals surface area contributed by atoms with Gasteiger partial charge in [-0.25, -0.2) is 13.4 Å². The van der Waals surface area contributed by atoms with E-state index in [0.29, 0.717) is 0 Å². The fourth-order valence-electron chi connectivity index (χ4n) is 4.01. The zero-order chi connectivity index (χ0) is 19.3. The van der Waals surface area contributed by atoms with E-state index in [-0.39, 0.29) is 10.9 Å². The van der Waals surface area contributed by atoms with Gasteiger partial charge >= 0.3 is 0 Å². The highest BCUT2D eigenvalue weighted by molar-refractivity contribution is 7.90. The Labute approximate surface area is 163 Å². The van der Waals surface area contributed by atoms with Crippen molar-refractivity contribution < 1.29 is 8.42 Å². The molecule has 2 aromatic heterocycles. The van der Waals surface area contributed by atoms with Crippen LogP contribution in [0, 0.1) is 0 Å². The molecule has 140 valence electrons. The first-order valence-electron chi connectivity index (χ1n) is 9.22. The summed E-state index contributed by atoms with van der Waals surface area (Å²) in [6, 6.07) is 18.5. The Morgan fingerprint density at radius 3 is 2.61 bits per heavy atom. The molecule has 0 amide bonds. The Morgan fingerprint density at radius 1 is 1.00 bits per heavy atom. The number of hydrogen-bond acceptors (Lipinski definition) is 4. The van der Waals surface area contributed by atoms with Crippen LogP contribution in [0.4, 0.5) is 0 Å². The van der Waals surface area contributed by atoms with Crippen LogP contribution in [0.15, 0.2) is 71.9 Å². The Kier molecular flexibility index (Phi) is 3.84. The summed E-state index contributed by atoms with van der Waals surface area (Å²) in [5.41, 5.74) is 5.04. The first-order valence-corrected chi connectivity index (χ1v) is 11.1. The molecule has 6 heteroatoms. The number of sulfone groups is 1. The third kappa shape index (κ3) is 2.81. The van der Waals surface area contributed by atoms with Crippen LogP contribution in [0.25, 0.3) is 22.2 Å². The van der Waals surface area contributed by atoms with Crippen molar-refractivity contribution in [3.8, 4) is 11.1 Å². The molecule has 0 aliphatic carbocycles. The standard InChI is InChI=1S/C22H19N3O2S/c1-28(26,27)18-11-17(13-23-14-18)16-7-8-19-21(12-16)25-20(9-10-22(25)24-19)15-5-3-2-4-6-15/h2-8,11-14,20H,9-10H2,1H3. The van der Waals surface area contributed by atoms with Crippen LogP contribution in [0.5, 0.6) is 0 Å². The first kappa shape index (κ1) is 17.1.